The van der Waals surface area contributed by atoms with Crippen LogP contribution in [0.5, 0.6) is 0 Å². The highest BCUT2D eigenvalue weighted by Gasteiger charge is 2.46. The molecule has 0 aromatic heterocycles. The Kier molecular flexibility index (Phi) is 3.89. The molecule has 2 saturated carbocycles. The van der Waals surface area contributed by atoms with Crippen LogP contribution in [0.1, 0.15) is 56.9 Å². The predicted octanol–water partition coefficient (Wildman–Crippen LogP) is 3.32. The smallest absolute Gasteiger partial charge is 0.0499 e. The Hall–Kier alpha value is -1.06. The third-order valence-corrected chi connectivity index (χ3v) is 7.00. The molecule has 0 spiro atoms. The van der Waals surface area contributed by atoms with E-state index in [0.717, 1.165) is 12.2 Å². The molecular weight excluding hydrogens is 284 g/mol. The maximum absolute atomic E-state index is 9.81. The Morgan fingerprint density at radius 1 is 1.17 bits per heavy atom. The average molecular weight is 314 g/mol. The molecule has 3 N–H and O–H groups in total. The lowest BCUT2D eigenvalue weighted by Gasteiger charge is -2.54. The number of aliphatic hydroxyl groups excluding tert-OH is 1. The molecular formula is C20H30N2O. The summed E-state index contributed by atoms with van der Waals surface area (Å²) in [6.07, 6.45) is 10.2. The highest BCUT2D eigenvalue weighted by molar-refractivity contribution is 5.44. The van der Waals surface area contributed by atoms with E-state index < -0.39 is 0 Å². The number of nitrogens with zero attached hydrogens (tertiary/aromatic N) is 1. The van der Waals surface area contributed by atoms with Crippen molar-refractivity contribution in [3.63, 3.8) is 0 Å². The van der Waals surface area contributed by atoms with Crippen molar-refractivity contribution in [2.24, 2.45) is 5.41 Å². The number of hydrogen-bond acceptors (Lipinski definition) is 3. The molecule has 1 saturated heterocycles. The molecule has 2 unspecified atom stereocenters. The van der Waals surface area contributed by atoms with Gasteiger partial charge in [-0.25, -0.2) is 0 Å². The Morgan fingerprint density at radius 3 is 2.74 bits per heavy atom. The monoisotopic (exact) mass is 314 g/mol. The Bertz CT molecular complexity index is 563. The van der Waals surface area contributed by atoms with Gasteiger partial charge in [-0.05, 0) is 68.2 Å². The first kappa shape index (κ1) is 15.5. The van der Waals surface area contributed by atoms with Gasteiger partial charge in [-0.1, -0.05) is 25.0 Å². The third kappa shape index (κ3) is 2.68. The second-order valence-corrected chi connectivity index (χ2v) is 8.39. The molecule has 1 aromatic rings. The van der Waals surface area contributed by atoms with Gasteiger partial charge in [0.25, 0.3) is 0 Å². The predicted molar refractivity (Wildman–Crippen MR) is 94.3 cm³/mol. The van der Waals surface area contributed by atoms with Crippen molar-refractivity contribution in [3.05, 3.63) is 29.8 Å². The molecule has 1 aliphatic heterocycles. The number of nitrogens with two attached hydrogens (primary N) is 1. The summed E-state index contributed by atoms with van der Waals surface area (Å²) < 4.78 is 0. The summed E-state index contributed by atoms with van der Waals surface area (Å²) in [6, 6.07) is 9.30. The van der Waals surface area contributed by atoms with Crippen LogP contribution in [-0.2, 0) is 5.41 Å². The molecule has 3 nitrogen and oxygen atoms in total. The fourth-order valence-electron chi connectivity index (χ4n) is 5.37. The topological polar surface area (TPSA) is 49.5 Å². The van der Waals surface area contributed by atoms with E-state index in [1.165, 1.54) is 63.5 Å². The van der Waals surface area contributed by atoms with Crippen molar-refractivity contribution in [2.45, 2.75) is 62.8 Å². The van der Waals surface area contributed by atoms with E-state index in [1.807, 2.05) is 6.07 Å². The number of rotatable bonds is 4. The summed E-state index contributed by atoms with van der Waals surface area (Å²) in [7, 11) is 0. The molecule has 1 aromatic carbocycles. The number of aliphatic hydroxyl groups is 1. The fraction of sp³-hybridized carbons (Fsp3) is 0.700. The van der Waals surface area contributed by atoms with Crippen molar-refractivity contribution in [1.29, 1.82) is 0 Å². The van der Waals surface area contributed by atoms with Crippen LogP contribution >= 0.6 is 0 Å². The van der Waals surface area contributed by atoms with Gasteiger partial charge in [-0.15, -0.1) is 0 Å². The van der Waals surface area contributed by atoms with E-state index in [1.54, 1.807) is 0 Å². The lowest BCUT2D eigenvalue weighted by Crippen LogP contribution is -2.56. The number of piperidine rings is 1. The lowest BCUT2D eigenvalue weighted by atomic mass is 9.62. The first-order chi connectivity index (χ1) is 11.1. The fourth-order valence-corrected chi connectivity index (χ4v) is 5.37. The van der Waals surface area contributed by atoms with Crippen LogP contribution in [0.4, 0.5) is 5.69 Å². The van der Waals surface area contributed by atoms with E-state index in [2.05, 4.69) is 23.1 Å². The number of nitrogen functional groups attached to an aromatic ring is 1. The number of fused-ring (bicyclic) bond motifs is 2. The van der Waals surface area contributed by atoms with Gasteiger partial charge in [0.2, 0.25) is 0 Å². The number of hydrogen-bond donors (Lipinski definition) is 2. The van der Waals surface area contributed by atoms with Crippen LogP contribution in [0.25, 0.3) is 0 Å². The van der Waals surface area contributed by atoms with E-state index in [4.69, 9.17) is 5.73 Å². The zero-order valence-electron chi connectivity index (χ0n) is 14.1. The molecule has 2 atom stereocenters. The molecule has 0 amide bonds. The van der Waals surface area contributed by atoms with E-state index in [-0.39, 0.29) is 5.41 Å². The summed E-state index contributed by atoms with van der Waals surface area (Å²) in [4.78, 5) is 2.71. The minimum atomic E-state index is 0.217. The van der Waals surface area contributed by atoms with Crippen LogP contribution in [0.3, 0.4) is 0 Å². The van der Waals surface area contributed by atoms with Gasteiger partial charge < -0.3 is 10.8 Å². The van der Waals surface area contributed by atoms with Crippen molar-refractivity contribution in [2.75, 3.05) is 25.4 Å². The van der Waals surface area contributed by atoms with Gasteiger partial charge in [0.15, 0.2) is 0 Å². The van der Waals surface area contributed by atoms with Crippen LogP contribution in [0.15, 0.2) is 24.3 Å². The molecule has 23 heavy (non-hydrogen) atoms. The molecule has 4 rings (SSSR count). The first-order valence-electron chi connectivity index (χ1n) is 9.36. The number of anilines is 1. The maximum atomic E-state index is 9.81. The van der Waals surface area contributed by atoms with Crippen LogP contribution < -0.4 is 5.73 Å². The molecule has 1 heterocycles. The van der Waals surface area contributed by atoms with Crippen LogP contribution in [0.2, 0.25) is 0 Å². The summed E-state index contributed by atoms with van der Waals surface area (Å²) >= 11 is 0. The molecule has 3 aliphatic rings. The van der Waals surface area contributed by atoms with Crippen molar-refractivity contribution >= 4 is 5.69 Å². The molecule has 2 aliphatic carbocycles. The first-order valence-corrected chi connectivity index (χ1v) is 9.36. The van der Waals surface area contributed by atoms with Crippen molar-refractivity contribution in [1.82, 2.24) is 4.90 Å². The second kappa shape index (κ2) is 5.78. The zero-order valence-corrected chi connectivity index (χ0v) is 14.1. The van der Waals surface area contributed by atoms with Gasteiger partial charge in [0.05, 0.1) is 0 Å². The lowest BCUT2D eigenvalue weighted by molar-refractivity contribution is -0.0354. The molecule has 0 radical (unpaired) electrons. The minimum absolute atomic E-state index is 0.217. The zero-order chi connectivity index (χ0) is 15.9. The van der Waals surface area contributed by atoms with Gasteiger partial charge >= 0.3 is 0 Å². The van der Waals surface area contributed by atoms with Crippen molar-refractivity contribution < 1.29 is 5.11 Å². The normalized spacial score (nSPS) is 33.2. The standard InChI is InChI=1S/C20H30N2O/c21-17-5-1-4-16(12-17)20-9-2-6-18(13-20)22(11-10-20)14-19(15-23)7-3-8-19/h1,4-5,12,18,23H,2-3,6-11,13-15,21H2. The van der Waals surface area contributed by atoms with Crippen molar-refractivity contribution in [3.8, 4) is 0 Å². The van der Waals surface area contributed by atoms with Gasteiger partial charge in [-0.2, -0.15) is 0 Å². The molecule has 2 bridgehead atoms. The largest absolute Gasteiger partial charge is 0.399 e. The minimum Gasteiger partial charge on any atom is -0.399 e. The maximum Gasteiger partial charge on any atom is 0.0499 e. The summed E-state index contributed by atoms with van der Waals surface area (Å²) in [5.74, 6) is 0. The summed E-state index contributed by atoms with van der Waals surface area (Å²) in [5, 5.41) is 9.81. The molecule has 126 valence electrons. The van der Waals surface area contributed by atoms with Gasteiger partial charge in [0.1, 0.15) is 0 Å². The number of likely N-dealkylation sites (tertiary alicyclic amines) is 1. The molecule has 3 heteroatoms. The van der Waals surface area contributed by atoms with Crippen LogP contribution in [-0.4, -0.2) is 35.7 Å². The Labute approximate surface area is 139 Å². The molecule has 3 fully saturated rings. The summed E-state index contributed by atoms with van der Waals surface area (Å²) in [5.41, 5.74) is 8.97. The Morgan fingerprint density at radius 2 is 2.04 bits per heavy atom. The van der Waals surface area contributed by atoms with E-state index in [0.29, 0.717) is 18.1 Å². The number of benzene rings is 1. The van der Waals surface area contributed by atoms with E-state index in [9.17, 15) is 5.11 Å². The van der Waals surface area contributed by atoms with E-state index >= 15 is 0 Å². The quantitative estimate of drug-likeness (QED) is 0.838. The summed E-state index contributed by atoms with van der Waals surface area (Å²) in [6.45, 7) is 2.67. The Balaban J connectivity index is 1.52. The van der Waals surface area contributed by atoms with Gasteiger partial charge in [-0.3, -0.25) is 4.90 Å². The van der Waals surface area contributed by atoms with Crippen LogP contribution in [0, 0.1) is 5.41 Å². The third-order valence-electron chi connectivity index (χ3n) is 7.00. The average Bonchev–Trinajstić information content (AvgIpc) is 2.53. The SMILES string of the molecule is Nc1cccc(C23CCCC(C2)N(CC2(CO)CCC2)CC3)c1. The van der Waals surface area contributed by atoms with Gasteiger partial charge in [0, 0.05) is 30.3 Å². The second-order valence-electron chi connectivity index (χ2n) is 8.39. The highest BCUT2D eigenvalue weighted by atomic mass is 16.3. The highest BCUT2D eigenvalue weighted by Crippen LogP contribution is 2.49.